The van der Waals surface area contributed by atoms with Crippen molar-refractivity contribution in [2.24, 2.45) is 0 Å². The second-order valence-electron chi connectivity index (χ2n) is 3.67. The summed E-state index contributed by atoms with van der Waals surface area (Å²) in [6.45, 7) is 0.0992. The van der Waals surface area contributed by atoms with Crippen LogP contribution in [0, 0.1) is 0 Å². The molecule has 0 aliphatic heterocycles. The Morgan fingerprint density at radius 1 is 1.42 bits per heavy atom. The normalized spacial score (nSPS) is 11.9. The standard InChI is InChI=1S/C10H10F3N3O2S/c11-10(12,13)19-2-1-15-6-4-7-8(3-5(6)14)18-9(17)16-7/h3-4,15H,1-2,14H2,(H,16,17). The lowest BCUT2D eigenvalue weighted by Crippen LogP contribution is -2.10. The first-order valence-corrected chi connectivity index (χ1v) is 6.20. The van der Waals surface area contributed by atoms with Gasteiger partial charge in [0.1, 0.15) is 0 Å². The Kier molecular flexibility index (Phi) is 3.65. The third kappa shape index (κ3) is 3.60. The third-order valence-electron chi connectivity index (χ3n) is 2.27. The Morgan fingerprint density at radius 3 is 2.84 bits per heavy atom. The second kappa shape index (κ2) is 5.08. The largest absolute Gasteiger partial charge is 0.441 e. The van der Waals surface area contributed by atoms with Crippen LogP contribution in [-0.2, 0) is 0 Å². The zero-order valence-corrected chi connectivity index (χ0v) is 10.3. The number of aromatic nitrogens is 1. The molecule has 0 spiro atoms. The summed E-state index contributed by atoms with van der Waals surface area (Å²) in [5, 5.41) is 2.78. The summed E-state index contributed by atoms with van der Waals surface area (Å²) in [5.41, 5.74) is 2.94. The average Bonchev–Trinajstić information content (AvgIpc) is 2.62. The number of hydrogen-bond acceptors (Lipinski definition) is 5. The molecule has 0 unspecified atom stereocenters. The Labute approximate surface area is 109 Å². The van der Waals surface area contributed by atoms with Gasteiger partial charge in [0.15, 0.2) is 5.58 Å². The molecule has 2 aromatic rings. The monoisotopic (exact) mass is 293 g/mol. The zero-order valence-electron chi connectivity index (χ0n) is 9.50. The number of aromatic amines is 1. The van der Waals surface area contributed by atoms with Crippen molar-refractivity contribution in [3.63, 3.8) is 0 Å². The van der Waals surface area contributed by atoms with E-state index in [0.29, 0.717) is 22.5 Å². The highest BCUT2D eigenvalue weighted by molar-refractivity contribution is 8.00. The number of H-pyrrole nitrogens is 1. The fourth-order valence-corrected chi connectivity index (χ4v) is 1.95. The number of anilines is 2. The predicted octanol–water partition coefficient (Wildman–Crippen LogP) is 2.37. The van der Waals surface area contributed by atoms with Gasteiger partial charge in [0.05, 0.1) is 16.9 Å². The lowest BCUT2D eigenvalue weighted by molar-refractivity contribution is -0.0327. The van der Waals surface area contributed by atoms with E-state index in [1.54, 1.807) is 0 Å². The number of oxazole rings is 1. The van der Waals surface area contributed by atoms with E-state index in [-0.39, 0.29) is 24.1 Å². The smallest absolute Gasteiger partial charge is 0.408 e. The molecule has 0 radical (unpaired) electrons. The van der Waals surface area contributed by atoms with Crippen molar-refractivity contribution in [2.75, 3.05) is 23.3 Å². The van der Waals surface area contributed by atoms with Crippen LogP contribution < -0.4 is 16.8 Å². The van der Waals surface area contributed by atoms with Crippen molar-refractivity contribution in [3.8, 4) is 0 Å². The summed E-state index contributed by atoms with van der Waals surface area (Å²) >= 11 is -0.113. The minimum Gasteiger partial charge on any atom is -0.408 e. The van der Waals surface area contributed by atoms with E-state index in [2.05, 4.69) is 10.3 Å². The van der Waals surface area contributed by atoms with Crippen molar-refractivity contribution < 1.29 is 17.6 Å². The van der Waals surface area contributed by atoms with Crippen molar-refractivity contribution in [2.45, 2.75) is 5.51 Å². The van der Waals surface area contributed by atoms with Crippen molar-refractivity contribution in [3.05, 3.63) is 22.7 Å². The molecule has 104 valence electrons. The van der Waals surface area contributed by atoms with Crippen LogP contribution in [0.25, 0.3) is 11.1 Å². The molecule has 0 aliphatic carbocycles. The molecule has 5 nitrogen and oxygen atoms in total. The number of rotatable bonds is 4. The van der Waals surface area contributed by atoms with Gasteiger partial charge in [-0.25, -0.2) is 4.79 Å². The summed E-state index contributed by atoms with van der Waals surface area (Å²) in [4.78, 5) is 13.4. The summed E-state index contributed by atoms with van der Waals surface area (Å²) in [5.74, 6) is -0.748. The van der Waals surface area contributed by atoms with Crippen LogP contribution >= 0.6 is 11.8 Å². The molecule has 1 aromatic heterocycles. The molecule has 0 bridgehead atoms. The highest BCUT2D eigenvalue weighted by Crippen LogP contribution is 2.30. The minimum absolute atomic E-state index is 0.0992. The summed E-state index contributed by atoms with van der Waals surface area (Å²) in [6.07, 6.45) is 0. The summed E-state index contributed by atoms with van der Waals surface area (Å²) < 4.78 is 40.6. The Hall–Kier alpha value is -1.77. The summed E-state index contributed by atoms with van der Waals surface area (Å²) in [6, 6.07) is 2.96. The van der Waals surface area contributed by atoms with E-state index >= 15 is 0 Å². The fourth-order valence-electron chi connectivity index (χ4n) is 1.52. The third-order valence-corrected chi connectivity index (χ3v) is 3.01. The molecular formula is C10H10F3N3O2S. The molecule has 0 aliphatic rings. The molecule has 4 N–H and O–H groups in total. The summed E-state index contributed by atoms with van der Waals surface area (Å²) in [7, 11) is 0. The van der Waals surface area contributed by atoms with E-state index in [0.717, 1.165) is 0 Å². The Morgan fingerprint density at radius 2 is 2.16 bits per heavy atom. The van der Waals surface area contributed by atoms with Gasteiger partial charge >= 0.3 is 11.3 Å². The SMILES string of the molecule is Nc1cc2oc(=O)[nH]c2cc1NCCSC(F)(F)F. The van der Waals surface area contributed by atoms with Gasteiger partial charge < -0.3 is 15.5 Å². The number of benzene rings is 1. The highest BCUT2D eigenvalue weighted by atomic mass is 32.2. The molecule has 9 heteroatoms. The predicted molar refractivity (Wildman–Crippen MR) is 68.2 cm³/mol. The van der Waals surface area contributed by atoms with Crippen LogP contribution in [0.3, 0.4) is 0 Å². The minimum atomic E-state index is -4.24. The topological polar surface area (TPSA) is 84.0 Å². The van der Waals surface area contributed by atoms with Gasteiger partial charge in [-0.15, -0.1) is 0 Å². The number of halogens is 3. The molecule has 0 fully saturated rings. The Bertz CT molecular complexity index is 635. The molecule has 1 heterocycles. The maximum absolute atomic E-state index is 11.9. The molecule has 2 rings (SSSR count). The quantitative estimate of drug-likeness (QED) is 0.595. The van der Waals surface area contributed by atoms with Gasteiger partial charge in [-0.05, 0) is 17.8 Å². The molecule has 0 amide bonds. The van der Waals surface area contributed by atoms with E-state index in [9.17, 15) is 18.0 Å². The number of hydrogen-bond donors (Lipinski definition) is 3. The number of fused-ring (bicyclic) bond motifs is 1. The lowest BCUT2D eigenvalue weighted by atomic mass is 10.2. The first-order chi connectivity index (χ1) is 8.85. The van der Waals surface area contributed by atoms with Crippen molar-refractivity contribution in [1.82, 2.24) is 4.98 Å². The van der Waals surface area contributed by atoms with E-state index in [4.69, 9.17) is 10.2 Å². The van der Waals surface area contributed by atoms with E-state index in [1.807, 2.05) is 0 Å². The maximum atomic E-state index is 11.9. The molecule has 0 saturated carbocycles. The van der Waals surface area contributed by atoms with Crippen molar-refractivity contribution in [1.29, 1.82) is 0 Å². The maximum Gasteiger partial charge on any atom is 0.441 e. The van der Waals surface area contributed by atoms with Gasteiger partial charge in [0, 0.05) is 18.4 Å². The van der Waals surface area contributed by atoms with Gasteiger partial charge in [-0.2, -0.15) is 13.2 Å². The first kappa shape index (κ1) is 13.7. The van der Waals surface area contributed by atoms with Gasteiger partial charge in [0.2, 0.25) is 0 Å². The van der Waals surface area contributed by atoms with Crippen LogP contribution in [0.1, 0.15) is 0 Å². The fraction of sp³-hybridized carbons (Fsp3) is 0.300. The highest BCUT2D eigenvalue weighted by Gasteiger charge is 2.27. The lowest BCUT2D eigenvalue weighted by Gasteiger charge is -2.10. The molecular weight excluding hydrogens is 283 g/mol. The van der Waals surface area contributed by atoms with E-state index in [1.165, 1.54) is 12.1 Å². The van der Waals surface area contributed by atoms with Gasteiger partial charge in [0.25, 0.3) is 0 Å². The first-order valence-electron chi connectivity index (χ1n) is 5.22. The number of nitrogen functional groups attached to an aromatic ring is 1. The van der Waals surface area contributed by atoms with Crippen LogP contribution in [0.4, 0.5) is 24.5 Å². The Balaban J connectivity index is 2.04. The number of nitrogens with one attached hydrogen (secondary N) is 2. The van der Waals surface area contributed by atoms with Crippen LogP contribution in [0.5, 0.6) is 0 Å². The zero-order chi connectivity index (χ0) is 14.0. The number of alkyl halides is 3. The average molecular weight is 293 g/mol. The van der Waals surface area contributed by atoms with Gasteiger partial charge in [-0.1, -0.05) is 0 Å². The molecule has 1 aromatic carbocycles. The van der Waals surface area contributed by atoms with Crippen LogP contribution in [0.15, 0.2) is 21.3 Å². The van der Waals surface area contributed by atoms with Crippen molar-refractivity contribution >= 4 is 34.2 Å². The molecule has 0 atom stereocenters. The number of nitrogens with two attached hydrogens (primary N) is 1. The van der Waals surface area contributed by atoms with Gasteiger partial charge in [-0.3, -0.25) is 4.98 Å². The molecule has 0 saturated heterocycles. The van der Waals surface area contributed by atoms with Crippen LogP contribution in [0.2, 0.25) is 0 Å². The number of thioether (sulfide) groups is 1. The molecule has 19 heavy (non-hydrogen) atoms. The second-order valence-corrected chi connectivity index (χ2v) is 4.83. The van der Waals surface area contributed by atoms with Crippen LogP contribution in [-0.4, -0.2) is 22.8 Å². The van der Waals surface area contributed by atoms with E-state index < -0.39 is 11.3 Å².